The van der Waals surface area contributed by atoms with E-state index in [0.717, 1.165) is 41.4 Å². The number of sulfonamides is 1. The van der Waals surface area contributed by atoms with Gasteiger partial charge in [0.1, 0.15) is 6.04 Å². The highest BCUT2D eigenvalue weighted by molar-refractivity contribution is 7.92. The summed E-state index contributed by atoms with van der Waals surface area (Å²) in [5.74, 6) is -0.496. The number of carbonyl (C=O) groups excluding carboxylic acids is 2. The van der Waals surface area contributed by atoms with Gasteiger partial charge in [0.25, 0.3) is 0 Å². The molecule has 0 aliphatic heterocycles. The van der Waals surface area contributed by atoms with Crippen molar-refractivity contribution >= 4 is 50.7 Å². The molecule has 0 radical (unpaired) electrons. The zero-order valence-corrected chi connectivity index (χ0v) is 27.6. The molecule has 0 spiro atoms. The van der Waals surface area contributed by atoms with Crippen LogP contribution in [0.4, 0.5) is 5.69 Å². The summed E-state index contributed by atoms with van der Waals surface area (Å²) >= 11 is 12.4. The highest BCUT2D eigenvalue weighted by Crippen LogP contribution is 2.25. The van der Waals surface area contributed by atoms with Crippen molar-refractivity contribution in [2.45, 2.75) is 65.5 Å². The van der Waals surface area contributed by atoms with E-state index >= 15 is 0 Å². The van der Waals surface area contributed by atoms with Crippen molar-refractivity contribution < 1.29 is 18.0 Å². The lowest BCUT2D eigenvalue weighted by Crippen LogP contribution is -2.50. The summed E-state index contributed by atoms with van der Waals surface area (Å²) in [5.41, 5.74) is 4.25. The minimum absolute atomic E-state index is 0.0473. The SMILES string of the molecule is CCCCNC(=O)[C@H](Cc1ccccc1)N(Cc1ccc(Cl)c(Cl)c1)C(=O)CCCN(c1ccc(C)c(C)c1)S(C)(=O)=O. The molecule has 43 heavy (non-hydrogen) atoms. The number of nitrogens with zero attached hydrogens (tertiary/aromatic N) is 2. The lowest BCUT2D eigenvalue weighted by atomic mass is 10.0. The average Bonchev–Trinajstić information content (AvgIpc) is 2.96. The molecule has 232 valence electrons. The van der Waals surface area contributed by atoms with Crippen molar-refractivity contribution in [3.8, 4) is 0 Å². The first kappa shape index (κ1) is 34.4. The number of nitrogens with one attached hydrogen (secondary N) is 1. The van der Waals surface area contributed by atoms with Gasteiger partial charge in [0.05, 0.1) is 22.0 Å². The summed E-state index contributed by atoms with van der Waals surface area (Å²) < 4.78 is 26.8. The topological polar surface area (TPSA) is 86.8 Å². The first-order valence-corrected chi connectivity index (χ1v) is 17.1. The van der Waals surface area contributed by atoms with E-state index in [9.17, 15) is 18.0 Å². The third-order valence-electron chi connectivity index (χ3n) is 7.37. The predicted molar refractivity (Wildman–Crippen MR) is 176 cm³/mol. The van der Waals surface area contributed by atoms with Crippen LogP contribution in [0.5, 0.6) is 0 Å². The van der Waals surface area contributed by atoms with Crippen molar-refractivity contribution in [1.29, 1.82) is 0 Å². The Bertz CT molecular complexity index is 1500. The van der Waals surface area contributed by atoms with Crippen LogP contribution in [0.15, 0.2) is 66.7 Å². The minimum Gasteiger partial charge on any atom is -0.354 e. The molecular weight excluding hydrogens is 605 g/mol. The summed E-state index contributed by atoms with van der Waals surface area (Å²) in [7, 11) is -3.59. The third kappa shape index (κ3) is 10.3. The smallest absolute Gasteiger partial charge is 0.243 e. The van der Waals surface area contributed by atoms with Gasteiger partial charge in [0, 0.05) is 32.5 Å². The molecule has 1 atom stereocenters. The number of hydrogen-bond acceptors (Lipinski definition) is 4. The van der Waals surface area contributed by atoms with E-state index in [1.54, 1.807) is 29.2 Å². The van der Waals surface area contributed by atoms with Gasteiger partial charge >= 0.3 is 0 Å². The Morgan fingerprint density at radius 3 is 2.23 bits per heavy atom. The van der Waals surface area contributed by atoms with Gasteiger partial charge in [-0.1, -0.05) is 79.0 Å². The lowest BCUT2D eigenvalue weighted by molar-refractivity contribution is -0.141. The second-order valence-electron chi connectivity index (χ2n) is 10.8. The van der Waals surface area contributed by atoms with Crippen LogP contribution in [0, 0.1) is 13.8 Å². The van der Waals surface area contributed by atoms with E-state index in [-0.39, 0.29) is 37.7 Å². The van der Waals surface area contributed by atoms with E-state index in [0.29, 0.717) is 28.7 Å². The maximum Gasteiger partial charge on any atom is 0.243 e. The summed E-state index contributed by atoms with van der Waals surface area (Å²) in [4.78, 5) is 29.1. The maximum absolute atomic E-state index is 14.0. The number of unbranched alkanes of at least 4 members (excludes halogenated alkanes) is 1. The van der Waals surface area contributed by atoms with Crippen molar-refractivity contribution in [3.63, 3.8) is 0 Å². The Labute approximate surface area is 266 Å². The molecule has 0 aromatic heterocycles. The number of halogens is 2. The number of benzene rings is 3. The molecule has 0 saturated heterocycles. The molecular formula is C33H41Cl2N3O4S. The van der Waals surface area contributed by atoms with E-state index in [1.807, 2.05) is 63.2 Å². The standard InChI is InChI=1S/C33H41Cl2N3O4S/c1-5-6-18-36-33(40)31(22-26-11-8-7-9-12-26)37(23-27-15-17-29(34)30(35)21-27)32(39)13-10-19-38(43(4,41)42)28-16-14-24(2)25(3)20-28/h7-9,11-12,14-17,20-21,31H,5-6,10,13,18-19,22-23H2,1-4H3,(H,36,40)/t31-/m0/s1. The Hall–Kier alpha value is -3.07. The molecule has 3 aromatic rings. The Balaban J connectivity index is 1.90. The number of rotatable bonds is 15. The monoisotopic (exact) mass is 645 g/mol. The molecule has 1 N–H and O–H groups in total. The van der Waals surface area contributed by atoms with Gasteiger partial charge in [0.15, 0.2) is 0 Å². The molecule has 0 unspecified atom stereocenters. The maximum atomic E-state index is 14.0. The quantitative estimate of drug-likeness (QED) is 0.186. The second kappa shape index (κ2) is 16.1. The molecule has 3 aromatic carbocycles. The molecule has 0 heterocycles. The van der Waals surface area contributed by atoms with Gasteiger partial charge in [-0.2, -0.15) is 0 Å². The van der Waals surface area contributed by atoms with Crippen LogP contribution in [0.3, 0.4) is 0 Å². The fourth-order valence-electron chi connectivity index (χ4n) is 4.78. The van der Waals surface area contributed by atoms with E-state index in [1.165, 1.54) is 4.31 Å². The fourth-order valence-corrected chi connectivity index (χ4v) is 6.06. The highest BCUT2D eigenvalue weighted by Gasteiger charge is 2.30. The molecule has 0 aliphatic carbocycles. The van der Waals surface area contributed by atoms with Gasteiger partial charge in [-0.3, -0.25) is 13.9 Å². The zero-order valence-electron chi connectivity index (χ0n) is 25.3. The highest BCUT2D eigenvalue weighted by atomic mass is 35.5. The summed E-state index contributed by atoms with van der Waals surface area (Å²) in [5, 5.41) is 3.76. The van der Waals surface area contributed by atoms with E-state index < -0.39 is 16.1 Å². The lowest BCUT2D eigenvalue weighted by Gasteiger charge is -2.32. The number of anilines is 1. The summed E-state index contributed by atoms with van der Waals surface area (Å²) in [6.45, 7) is 6.72. The van der Waals surface area contributed by atoms with E-state index in [4.69, 9.17) is 23.2 Å². The van der Waals surface area contributed by atoms with Crippen LogP contribution >= 0.6 is 23.2 Å². The van der Waals surface area contributed by atoms with E-state index in [2.05, 4.69) is 5.32 Å². The molecule has 0 fully saturated rings. The number of carbonyl (C=O) groups is 2. The zero-order chi connectivity index (χ0) is 31.6. The normalized spacial score (nSPS) is 12.0. The van der Waals surface area contributed by atoms with Crippen LogP contribution < -0.4 is 9.62 Å². The fraction of sp³-hybridized carbons (Fsp3) is 0.394. The van der Waals surface area contributed by atoms with Gasteiger partial charge in [-0.25, -0.2) is 8.42 Å². The summed E-state index contributed by atoms with van der Waals surface area (Å²) in [6, 6.07) is 19.4. The number of hydrogen-bond donors (Lipinski definition) is 1. The van der Waals surface area contributed by atoms with Crippen LogP contribution in [0.2, 0.25) is 10.0 Å². The Morgan fingerprint density at radius 2 is 1.60 bits per heavy atom. The molecule has 7 nitrogen and oxygen atoms in total. The molecule has 2 amide bonds. The van der Waals surface area contributed by atoms with Gasteiger partial charge < -0.3 is 10.2 Å². The third-order valence-corrected chi connectivity index (χ3v) is 9.30. The predicted octanol–water partition coefficient (Wildman–Crippen LogP) is 6.71. The summed E-state index contributed by atoms with van der Waals surface area (Å²) in [6.07, 6.45) is 3.55. The molecule has 0 aliphatic rings. The molecule has 3 rings (SSSR count). The van der Waals surface area contributed by atoms with Crippen molar-refractivity contribution in [1.82, 2.24) is 10.2 Å². The van der Waals surface area contributed by atoms with Crippen molar-refractivity contribution in [2.75, 3.05) is 23.7 Å². The van der Waals surface area contributed by atoms with Gasteiger partial charge in [0.2, 0.25) is 21.8 Å². The largest absolute Gasteiger partial charge is 0.354 e. The van der Waals surface area contributed by atoms with Crippen molar-refractivity contribution in [2.24, 2.45) is 0 Å². The first-order valence-electron chi connectivity index (χ1n) is 14.5. The second-order valence-corrected chi connectivity index (χ2v) is 13.5. The average molecular weight is 647 g/mol. The van der Waals surface area contributed by atoms with Crippen LogP contribution in [-0.4, -0.2) is 50.5 Å². The molecule has 0 saturated carbocycles. The van der Waals surface area contributed by atoms with Gasteiger partial charge in [-0.05, 0) is 73.2 Å². The first-order chi connectivity index (χ1) is 20.4. The number of aryl methyl sites for hydroxylation is 2. The minimum atomic E-state index is -3.59. The van der Waals surface area contributed by atoms with Crippen LogP contribution in [0.1, 0.15) is 54.9 Å². The van der Waals surface area contributed by atoms with Crippen LogP contribution in [0.25, 0.3) is 0 Å². The van der Waals surface area contributed by atoms with Gasteiger partial charge in [-0.15, -0.1) is 0 Å². The number of amides is 2. The molecule has 10 heteroatoms. The molecule has 0 bridgehead atoms. The Kier molecular flexibility index (Phi) is 12.9. The Morgan fingerprint density at radius 1 is 0.884 bits per heavy atom. The van der Waals surface area contributed by atoms with Crippen molar-refractivity contribution in [3.05, 3.63) is 99.0 Å². The van der Waals surface area contributed by atoms with Crippen LogP contribution in [-0.2, 0) is 32.6 Å².